The topological polar surface area (TPSA) is 58.1 Å². The third kappa shape index (κ3) is 3.97. The van der Waals surface area contributed by atoms with Gasteiger partial charge in [0.25, 0.3) is 5.91 Å². The summed E-state index contributed by atoms with van der Waals surface area (Å²) in [5.74, 6) is 1.13. The zero-order valence-electron chi connectivity index (χ0n) is 13.3. The Morgan fingerprint density at radius 3 is 2.67 bits per heavy atom. The Bertz CT molecular complexity index is 745. The van der Waals surface area contributed by atoms with Gasteiger partial charge >= 0.3 is 0 Å². The van der Waals surface area contributed by atoms with Crippen molar-refractivity contribution in [2.75, 3.05) is 18.4 Å². The molecule has 3 rings (SSSR count). The summed E-state index contributed by atoms with van der Waals surface area (Å²) in [5.41, 5.74) is 1.05. The number of carbonyl (C=O) groups excluding carboxylic acids is 1. The van der Waals surface area contributed by atoms with E-state index in [4.69, 9.17) is 23.2 Å². The Hall–Kier alpha value is -1.85. The first-order chi connectivity index (χ1) is 11.5. The van der Waals surface area contributed by atoms with Crippen molar-refractivity contribution in [3.63, 3.8) is 0 Å². The largest absolute Gasteiger partial charge is 0.339 e. The minimum Gasteiger partial charge on any atom is -0.339 e. The van der Waals surface area contributed by atoms with Gasteiger partial charge in [0, 0.05) is 24.2 Å². The second kappa shape index (κ2) is 7.36. The lowest BCUT2D eigenvalue weighted by Gasteiger charge is -2.30. The molecule has 1 fully saturated rings. The molecule has 1 aliphatic rings. The monoisotopic (exact) mass is 364 g/mol. The van der Waals surface area contributed by atoms with Gasteiger partial charge in [-0.3, -0.25) is 4.79 Å². The van der Waals surface area contributed by atoms with Crippen LogP contribution in [0.4, 0.5) is 11.5 Å². The highest BCUT2D eigenvalue weighted by atomic mass is 35.5. The van der Waals surface area contributed by atoms with Crippen molar-refractivity contribution in [3.05, 3.63) is 46.3 Å². The molecule has 1 aliphatic heterocycles. The number of likely N-dealkylation sites (tertiary alicyclic amines) is 1. The first kappa shape index (κ1) is 17.0. The lowest BCUT2D eigenvalue weighted by molar-refractivity contribution is 0.0691. The van der Waals surface area contributed by atoms with Gasteiger partial charge in [-0.1, -0.05) is 30.1 Å². The van der Waals surface area contributed by atoms with Crippen LogP contribution in [0, 0.1) is 5.92 Å². The fraction of sp³-hybridized carbons (Fsp3) is 0.353. The SMILES string of the molecule is CC1CCN(C(=O)c2cc(Nc3ccc(Cl)cc3Cl)ncn2)CC1. The molecule has 0 saturated carbocycles. The molecule has 0 radical (unpaired) electrons. The zero-order valence-corrected chi connectivity index (χ0v) is 14.8. The van der Waals surface area contributed by atoms with E-state index in [1.54, 1.807) is 24.3 Å². The average Bonchev–Trinajstić information content (AvgIpc) is 2.58. The molecular formula is C17H18Cl2N4O. The van der Waals surface area contributed by atoms with Gasteiger partial charge in [-0.05, 0) is 37.0 Å². The normalized spacial score (nSPS) is 15.4. The van der Waals surface area contributed by atoms with Crippen LogP contribution in [-0.4, -0.2) is 33.9 Å². The summed E-state index contributed by atoms with van der Waals surface area (Å²) >= 11 is 12.0. The molecule has 1 saturated heterocycles. The fourth-order valence-corrected chi connectivity index (χ4v) is 3.10. The van der Waals surface area contributed by atoms with Gasteiger partial charge in [0.1, 0.15) is 17.8 Å². The van der Waals surface area contributed by atoms with Gasteiger partial charge in [-0.15, -0.1) is 0 Å². The number of amides is 1. The molecule has 2 heterocycles. The lowest BCUT2D eigenvalue weighted by Crippen LogP contribution is -2.38. The smallest absolute Gasteiger partial charge is 0.272 e. The van der Waals surface area contributed by atoms with E-state index >= 15 is 0 Å². The second-order valence-electron chi connectivity index (χ2n) is 6.01. The van der Waals surface area contributed by atoms with Crippen LogP contribution in [0.25, 0.3) is 0 Å². The molecule has 0 unspecified atom stereocenters. The number of piperidine rings is 1. The van der Waals surface area contributed by atoms with Crippen molar-refractivity contribution in [3.8, 4) is 0 Å². The second-order valence-corrected chi connectivity index (χ2v) is 6.86. The number of carbonyl (C=O) groups is 1. The summed E-state index contributed by atoms with van der Waals surface area (Å²) in [6, 6.07) is 6.79. The minimum atomic E-state index is -0.0606. The molecule has 126 valence electrons. The number of nitrogens with one attached hydrogen (secondary N) is 1. The van der Waals surface area contributed by atoms with Crippen molar-refractivity contribution in [2.24, 2.45) is 5.92 Å². The highest BCUT2D eigenvalue weighted by Crippen LogP contribution is 2.27. The number of halogens is 2. The predicted molar refractivity (Wildman–Crippen MR) is 96.1 cm³/mol. The maximum absolute atomic E-state index is 12.6. The van der Waals surface area contributed by atoms with Crippen LogP contribution in [0.3, 0.4) is 0 Å². The molecule has 2 aromatic rings. The van der Waals surface area contributed by atoms with Gasteiger partial charge in [-0.25, -0.2) is 9.97 Å². The quantitative estimate of drug-likeness (QED) is 0.876. The Morgan fingerprint density at radius 2 is 1.96 bits per heavy atom. The predicted octanol–water partition coefficient (Wildman–Crippen LogP) is 4.40. The molecule has 0 bridgehead atoms. The molecule has 1 N–H and O–H groups in total. The van der Waals surface area contributed by atoms with E-state index in [-0.39, 0.29) is 5.91 Å². The Balaban J connectivity index is 1.75. The Kier molecular flexibility index (Phi) is 5.21. The Labute approximate surface area is 151 Å². The summed E-state index contributed by atoms with van der Waals surface area (Å²) in [4.78, 5) is 22.7. The maximum atomic E-state index is 12.6. The van der Waals surface area contributed by atoms with Crippen LogP contribution < -0.4 is 5.32 Å². The molecule has 1 amide bonds. The molecule has 1 aromatic carbocycles. The highest BCUT2D eigenvalue weighted by Gasteiger charge is 2.22. The van der Waals surface area contributed by atoms with Gasteiger partial charge in [-0.2, -0.15) is 0 Å². The summed E-state index contributed by atoms with van der Waals surface area (Å²) in [6.45, 7) is 3.76. The lowest BCUT2D eigenvalue weighted by atomic mass is 9.99. The maximum Gasteiger partial charge on any atom is 0.272 e. The molecule has 0 atom stereocenters. The van der Waals surface area contributed by atoms with Gasteiger partial charge in [0.05, 0.1) is 10.7 Å². The van der Waals surface area contributed by atoms with Crippen molar-refractivity contribution < 1.29 is 4.79 Å². The van der Waals surface area contributed by atoms with Gasteiger partial charge < -0.3 is 10.2 Å². The van der Waals surface area contributed by atoms with Crippen LogP contribution in [-0.2, 0) is 0 Å². The first-order valence-electron chi connectivity index (χ1n) is 7.86. The molecular weight excluding hydrogens is 347 g/mol. The number of rotatable bonds is 3. The number of hydrogen-bond acceptors (Lipinski definition) is 4. The van der Waals surface area contributed by atoms with Crippen LogP contribution in [0.5, 0.6) is 0 Å². The first-order valence-corrected chi connectivity index (χ1v) is 8.62. The van der Waals surface area contributed by atoms with E-state index in [0.717, 1.165) is 25.9 Å². The van der Waals surface area contributed by atoms with Crippen molar-refractivity contribution in [1.82, 2.24) is 14.9 Å². The number of anilines is 2. The van der Waals surface area contributed by atoms with Gasteiger partial charge in [0.15, 0.2) is 0 Å². The van der Waals surface area contributed by atoms with Crippen LogP contribution in [0.15, 0.2) is 30.6 Å². The number of aromatic nitrogens is 2. The third-order valence-corrected chi connectivity index (χ3v) is 4.70. The van der Waals surface area contributed by atoms with E-state index in [9.17, 15) is 4.79 Å². The average molecular weight is 365 g/mol. The molecule has 0 spiro atoms. The number of hydrogen-bond donors (Lipinski definition) is 1. The number of benzene rings is 1. The number of nitrogens with zero attached hydrogens (tertiary/aromatic N) is 3. The van der Waals surface area contributed by atoms with E-state index in [1.165, 1.54) is 6.33 Å². The zero-order chi connectivity index (χ0) is 17.1. The van der Waals surface area contributed by atoms with E-state index < -0.39 is 0 Å². The third-order valence-electron chi connectivity index (χ3n) is 4.15. The van der Waals surface area contributed by atoms with Crippen molar-refractivity contribution >= 4 is 40.6 Å². The van der Waals surface area contributed by atoms with Gasteiger partial charge in [0.2, 0.25) is 0 Å². The van der Waals surface area contributed by atoms with Crippen molar-refractivity contribution in [1.29, 1.82) is 0 Å². The molecule has 24 heavy (non-hydrogen) atoms. The van der Waals surface area contributed by atoms with Crippen molar-refractivity contribution in [2.45, 2.75) is 19.8 Å². The van der Waals surface area contributed by atoms with Crippen LogP contribution in [0.1, 0.15) is 30.3 Å². The van der Waals surface area contributed by atoms with Crippen LogP contribution in [0.2, 0.25) is 10.0 Å². The molecule has 0 aliphatic carbocycles. The highest BCUT2D eigenvalue weighted by molar-refractivity contribution is 6.36. The standard InChI is InChI=1S/C17H18Cl2N4O/c1-11-4-6-23(7-5-11)17(24)15-9-16(21-10-20-15)22-14-3-2-12(18)8-13(14)19/h2-3,8-11H,4-7H2,1H3,(H,20,21,22). The molecule has 7 heteroatoms. The summed E-state index contributed by atoms with van der Waals surface area (Å²) in [6.07, 6.45) is 3.44. The van der Waals surface area contributed by atoms with E-state index in [0.29, 0.717) is 33.2 Å². The van der Waals surface area contributed by atoms with E-state index in [1.807, 2.05) is 4.90 Å². The molecule has 1 aromatic heterocycles. The van der Waals surface area contributed by atoms with E-state index in [2.05, 4.69) is 22.2 Å². The van der Waals surface area contributed by atoms with Crippen LogP contribution >= 0.6 is 23.2 Å². The molecule has 5 nitrogen and oxygen atoms in total. The summed E-state index contributed by atoms with van der Waals surface area (Å²) in [5, 5.41) is 4.14. The fourth-order valence-electron chi connectivity index (χ4n) is 2.65. The summed E-state index contributed by atoms with van der Waals surface area (Å²) in [7, 11) is 0. The Morgan fingerprint density at radius 1 is 1.21 bits per heavy atom. The summed E-state index contributed by atoms with van der Waals surface area (Å²) < 4.78 is 0. The minimum absolute atomic E-state index is 0.0606.